The van der Waals surface area contributed by atoms with Crippen LogP contribution < -0.4 is 0 Å². The molecule has 0 saturated carbocycles. The van der Waals surface area contributed by atoms with Gasteiger partial charge in [0.25, 0.3) is 0 Å². The Balaban J connectivity index is 3.50. The van der Waals surface area contributed by atoms with E-state index in [-0.39, 0.29) is 12.8 Å². The molecule has 1 N–H and O–H groups in total. The smallest absolute Gasteiger partial charge is 0.328 e. The Bertz CT molecular complexity index is 145. The van der Waals surface area contributed by atoms with Crippen molar-refractivity contribution in [2.45, 2.75) is 19.0 Å². The number of halogens is 2. The van der Waals surface area contributed by atoms with Crippen molar-refractivity contribution in [3.8, 4) is 0 Å². The number of alkyl halides is 2. The molecule has 0 aromatic rings. The standard InChI is InChI=1S/C7H10F2O2/c8-5-1-2-6(9)3-4-7(10)11/h3-4,6H,1-2,5H2,(H,10,11). The zero-order valence-corrected chi connectivity index (χ0v) is 5.96. The third kappa shape index (κ3) is 6.96. The lowest BCUT2D eigenvalue weighted by molar-refractivity contribution is -0.131. The van der Waals surface area contributed by atoms with Crippen LogP contribution in [0.1, 0.15) is 12.8 Å². The lowest BCUT2D eigenvalue weighted by Gasteiger charge is -1.97. The van der Waals surface area contributed by atoms with Crippen LogP contribution in [0.4, 0.5) is 8.78 Å². The first kappa shape index (κ1) is 10.1. The second-order valence-electron chi connectivity index (χ2n) is 2.04. The van der Waals surface area contributed by atoms with E-state index in [0.717, 1.165) is 12.2 Å². The lowest BCUT2D eigenvalue weighted by Crippen LogP contribution is -1.97. The highest BCUT2D eigenvalue weighted by Gasteiger charge is 2.00. The first-order chi connectivity index (χ1) is 5.16. The van der Waals surface area contributed by atoms with E-state index in [2.05, 4.69) is 0 Å². The average molecular weight is 164 g/mol. The van der Waals surface area contributed by atoms with E-state index < -0.39 is 18.8 Å². The Morgan fingerprint density at radius 3 is 2.73 bits per heavy atom. The van der Waals surface area contributed by atoms with E-state index in [1.807, 2.05) is 0 Å². The Labute approximate surface area is 63.5 Å². The van der Waals surface area contributed by atoms with E-state index in [1.54, 1.807) is 0 Å². The predicted octanol–water partition coefficient (Wildman–Crippen LogP) is 1.72. The highest BCUT2D eigenvalue weighted by Crippen LogP contribution is 2.03. The van der Waals surface area contributed by atoms with Crippen LogP contribution in [-0.4, -0.2) is 23.9 Å². The molecule has 0 radical (unpaired) electrons. The molecule has 1 unspecified atom stereocenters. The Kier molecular flexibility index (Phi) is 5.33. The van der Waals surface area contributed by atoms with Gasteiger partial charge in [0.05, 0.1) is 6.67 Å². The van der Waals surface area contributed by atoms with Gasteiger partial charge >= 0.3 is 5.97 Å². The molecular weight excluding hydrogens is 154 g/mol. The Morgan fingerprint density at radius 2 is 2.27 bits per heavy atom. The number of allylic oxidation sites excluding steroid dienone is 1. The second-order valence-corrected chi connectivity index (χ2v) is 2.04. The maximum atomic E-state index is 12.4. The molecule has 2 nitrogen and oxygen atoms in total. The van der Waals surface area contributed by atoms with Crippen LogP contribution in [0.5, 0.6) is 0 Å². The summed E-state index contributed by atoms with van der Waals surface area (Å²) in [4.78, 5) is 9.85. The molecule has 4 heteroatoms. The first-order valence-corrected chi connectivity index (χ1v) is 3.28. The summed E-state index contributed by atoms with van der Waals surface area (Å²) < 4.78 is 23.9. The molecule has 0 bridgehead atoms. The third-order valence-electron chi connectivity index (χ3n) is 1.06. The highest BCUT2D eigenvalue weighted by molar-refractivity contribution is 5.79. The summed E-state index contributed by atoms with van der Waals surface area (Å²) in [6.45, 7) is -0.568. The second kappa shape index (κ2) is 5.82. The van der Waals surface area contributed by atoms with Gasteiger partial charge in [-0.25, -0.2) is 9.18 Å². The fourth-order valence-electron chi connectivity index (χ4n) is 0.555. The molecular formula is C7H10F2O2. The van der Waals surface area contributed by atoms with Gasteiger partial charge in [0.2, 0.25) is 0 Å². The normalized spacial score (nSPS) is 13.6. The van der Waals surface area contributed by atoms with Gasteiger partial charge in [0.15, 0.2) is 0 Å². The molecule has 11 heavy (non-hydrogen) atoms. The summed E-state index contributed by atoms with van der Waals surface area (Å²) in [5.41, 5.74) is 0. The molecule has 0 heterocycles. The fourth-order valence-corrected chi connectivity index (χ4v) is 0.555. The molecule has 64 valence electrons. The molecule has 0 aromatic heterocycles. The summed E-state index contributed by atoms with van der Waals surface area (Å²) >= 11 is 0. The molecule has 0 spiro atoms. The summed E-state index contributed by atoms with van der Waals surface area (Å²) in [6, 6.07) is 0. The van der Waals surface area contributed by atoms with E-state index in [9.17, 15) is 13.6 Å². The molecule has 0 rings (SSSR count). The fraction of sp³-hybridized carbons (Fsp3) is 0.571. The zero-order chi connectivity index (χ0) is 8.69. The van der Waals surface area contributed by atoms with Crippen LogP contribution in [0, 0.1) is 0 Å². The summed E-state index contributed by atoms with van der Waals surface area (Å²) in [7, 11) is 0. The van der Waals surface area contributed by atoms with Crippen molar-refractivity contribution in [1.82, 2.24) is 0 Å². The molecule has 0 aliphatic heterocycles. The minimum atomic E-state index is -1.35. The first-order valence-electron chi connectivity index (χ1n) is 3.28. The monoisotopic (exact) mass is 164 g/mol. The molecule has 0 fully saturated rings. The molecule has 0 aliphatic carbocycles. The van der Waals surface area contributed by atoms with Crippen molar-refractivity contribution in [3.05, 3.63) is 12.2 Å². The van der Waals surface area contributed by atoms with Gasteiger partial charge in [0.1, 0.15) is 6.17 Å². The van der Waals surface area contributed by atoms with Crippen molar-refractivity contribution in [3.63, 3.8) is 0 Å². The van der Waals surface area contributed by atoms with Crippen LogP contribution in [0.25, 0.3) is 0 Å². The van der Waals surface area contributed by atoms with Crippen LogP contribution in [0.3, 0.4) is 0 Å². The number of aliphatic carboxylic acids is 1. The third-order valence-corrected chi connectivity index (χ3v) is 1.06. The van der Waals surface area contributed by atoms with Crippen LogP contribution >= 0.6 is 0 Å². The van der Waals surface area contributed by atoms with Crippen molar-refractivity contribution in [1.29, 1.82) is 0 Å². The number of hydrogen-bond acceptors (Lipinski definition) is 1. The largest absolute Gasteiger partial charge is 0.478 e. The minimum absolute atomic E-state index is 0.0419. The van der Waals surface area contributed by atoms with Gasteiger partial charge in [0, 0.05) is 6.08 Å². The molecule has 0 aliphatic rings. The quantitative estimate of drug-likeness (QED) is 0.628. The van der Waals surface area contributed by atoms with Gasteiger partial charge in [-0.1, -0.05) is 0 Å². The maximum absolute atomic E-state index is 12.4. The summed E-state index contributed by atoms with van der Waals surface area (Å²) in [6.07, 6.45) is 0.466. The van der Waals surface area contributed by atoms with E-state index in [1.165, 1.54) is 0 Å². The highest BCUT2D eigenvalue weighted by atomic mass is 19.1. The number of carbonyl (C=O) groups is 1. The molecule has 0 aromatic carbocycles. The Hall–Kier alpha value is -0.930. The van der Waals surface area contributed by atoms with E-state index in [0.29, 0.717) is 0 Å². The van der Waals surface area contributed by atoms with Crippen LogP contribution in [-0.2, 0) is 4.79 Å². The molecule has 0 amide bonds. The van der Waals surface area contributed by atoms with E-state index >= 15 is 0 Å². The van der Waals surface area contributed by atoms with Gasteiger partial charge in [-0.15, -0.1) is 0 Å². The summed E-state index contributed by atoms with van der Waals surface area (Å²) in [5.74, 6) is -1.19. The average Bonchev–Trinajstić information content (AvgIpc) is 1.97. The zero-order valence-electron chi connectivity index (χ0n) is 5.96. The Morgan fingerprint density at radius 1 is 1.64 bits per heavy atom. The summed E-state index contributed by atoms with van der Waals surface area (Å²) in [5, 5.41) is 8.06. The SMILES string of the molecule is O=C(O)C=CC(F)CCCF. The minimum Gasteiger partial charge on any atom is -0.478 e. The van der Waals surface area contributed by atoms with Gasteiger partial charge < -0.3 is 5.11 Å². The topological polar surface area (TPSA) is 37.3 Å². The number of hydrogen-bond donors (Lipinski definition) is 1. The van der Waals surface area contributed by atoms with Crippen molar-refractivity contribution in [2.75, 3.05) is 6.67 Å². The van der Waals surface area contributed by atoms with Crippen molar-refractivity contribution >= 4 is 5.97 Å². The van der Waals surface area contributed by atoms with Crippen molar-refractivity contribution < 1.29 is 18.7 Å². The van der Waals surface area contributed by atoms with Gasteiger partial charge in [-0.3, -0.25) is 4.39 Å². The van der Waals surface area contributed by atoms with Crippen LogP contribution in [0.2, 0.25) is 0 Å². The van der Waals surface area contributed by atoms with Crippen molar-refractivity contribution in [2.24, 2.45) is 0 Å². The molecule has 0 saturated heterocycles. The number of carboxylic acid groups (broad SMARTS) is 1. The maximum Gasteiger partial charge on any atom is 0.328 e. The number of carboxylic acids is 1. The van der Waals surface area contributed by atoms with E-state index in [4.69, 9.17) is 5.11 Å². The number of rotatable bonds is 5. The molecule has 1 atom stereocenters. The van der Waals surface area contributed by atoms with Crippen LogP contribution in [0.15, 0.2) is 12.2 Å². The lowest BCUT2D eigenvalue weighted by atomic mass is 10.2. The van der Waals surface area contributed by atoms with Gasteiger partial charge in [-0.2, -0.15) is 0 Å². The van der Waals surface area contributed by atoms with Gasteiger partial charge in [-0.05, 0) is 18.9 Å². The predicted molar refractivity (Wildman–Crippen MR) is 36.9 cm³/mol.